The van der Waals surface area contributed by atoms with E-state index in [1.165, 1.54) is 13.3 Å². The van der Waals surface area contributed by atoms with E-state index in [-0.39, 0.29) is 11.7 Å². The van der Waals surface area contributed by atoms with Crippen LogP contribution in [0.25, 0.3) is 0 Å². The number of ether oxygens (including phenoxy) is 3. The highest BCUT2D eigenvalue weighted by Gasteiger charge is 2.14. The van der Waals surface area contributed by atoms with Gasteiger partial charge in [0, 0.05) is 5.56 Å². The number of hydrazone groups is 1. The van der Waals surface area contributed by atoms with Crippen molar-refractivity contribution in [2.45, 2.75) is 0 Å². The molecule has 0 spiro atoms. The lowest BCUT2D eigenvalue weighted by atomic mass is 10.2. The van der Waals surface area contributed by atoms with Gasteiger partial charge in [-0.2, -0.15) is 5.10 Å². The number of carbonyl (C=O) groups excluding carboxylic acids is 1. The molecule has 25 heavy (non-hydrogen) atoms. The Morgan fingerprint density at radius 1 is 1.28 bits per heavy atom. The second-order valence-corrected chi connectivity index (χ2v) is 5.97. The van der Waals surface area contributed by atoms with Crippen molar-refractivity contribution in [2.75, 3.05) is 20.3 Å². The first-order valence-corrected chi connectivity index (χ1v) is 8.17. The fraction of sp³-hybridized carbons (Fsp3) is 0.176. The molecule has 0 aliphatic carbocycles. The summed E-state index contributed by atoms with van der Waals surface area (Å²) in [4.78, 5) is 12.2. The number of rotatable bonds is 4. The van der Waals surface area contributed by atoms with Gasteiger partial charge in [-0.15, -0.1) is 0 Å². The molecule has 1 amide bonds. The van der Waals surface area contributed by atoms with Gasteiger partial charge >= 0.3 is 0 Å². The zero-order valence-electron chi connectivity index (χ0n) is 13.3. The highest BCUT2D eigenvalue weighted by atomic mass is 79.9. The Morgan fingerprint density at radius 2 is 2.04 bits per heavy atom. The number of halogens is 1. The number of benzene rings is 2. The molecule has 2 N–H and O–H groups in total. The number of amides is 1. The number of fused-ring (bicyclic) bond motifs is 1. The van der Waals surface area contributed by atoms with Crippen LogP contribution in [0.2, 0.25) is 0 Å². The first-order chi connectivity index (χ1) is 12.1. The third-order valence-electron chi connectivity index (χ3n) is 3.45. The number of hydrogen-bond donors (Lipinski definition) is 2. The van der Waals surface area contributed by atoms with Crippen molar-refractivity contribution < 1.29 is 24.1 Å². The minimum atomic E-state index is -0.377. The molecule has 0 bridgehead atoms. The number of carbonyl (C=O) groups is 1. The Bertz CT molecular complexity index is 838. The SMILES string of the molecule is COc1cc(C=NNC(=O)c2ccc3c(c2)OCCO3)cc(Br)c1O. The van der Waals surface area contributed by atoms with E-state index in [1.54, 1.807) is 30.3 Å². The molecule has 1 heterocycles. The zero-order valence-corrected chi connectivity index (χ0v) is 14.9. The summed E-state index contributed by atoms with van der Waals surface area (Å²) in [5.74, 6) is 1.08. The van der Waals surface area contributed by atoms with Crippen molar-refractivity contribution in [3.63, 3.8) is 0 Å². The van der Waals surface area contributed by atoms with Crippen molar-refractivity contribution in [3.05, 3.63) is 45.9 Å². The van der Waals surface area contributed by atoms with Crippen molar-refractivity contribution in [2.24, 2.45) is 5.10 Å². The van der Waals surface area contributed by atoms with Gasteiger partial charge in [0.05, 0.1) is 17.8 Å². The topological polar surface area (TPSA) is 89.4 Å². The lowest BCUT2D eigenvalue weighted by molar-refractivity contribution is 0.0954. The van der Waals surface area contributed by atoms with Crippen LogP contribution in [-0.4, -0.2) is 37.6 Å². The summed E-state index contributed by atoms with van der Waals surface area (Å²) in [6.45, 7) is 0.947. The van der Waals surface area contributed by atoms with Gasteiger partial charge in [0.2, 0.25) is 0 Å². The molecule has 0 saturated heterocycles. The lowest BCUT2D eigenvalue weighted by Crippen LogP contribution is -2.19. The summed E-state index contributed by atoms with van der Waals surface area (Å²) >= 11 is 3.23. The molecular weight excluding hydrogens is 392 g/mol. The molecule has 1 aliphatic heterocycles. The second kappa shape index (κ2) is 7.43. The van der Waals surface area contributed by atoms with Crippen molar-refractivity contribution in [3.8, 4) is 23.0 Å². The van der Waals surface area contributed by atoms with Crippen LogP contribution in [0, 0.1) is 0 Å². The number of phenols is 1. The van der Waals surface area contributed by atoms with E-state index < -0.39 is 0 Å². The number of nitrogens with one attached hydrogen (secondary N) is 1. The van der Waals surface area contributed by atoms with Crippen LogP contribution in [-0.2, 0) is 0 Å². The first kappa shape index (κ1) is 17.1. The van der Waals surface area contributed by atoms with Crippen LogP contribution in [0.3, 0.4) is 0 Å². The predicted octanol–water partition coefficient (Wildman–Crippen LogP) is 2.70. The van der Waals surface area contributed by atoms with E-state index in [2.05, 4.69) is 26.5 Å². The highest BCUT2D eigenvalue weighted by molar-refractivity contribution is 9.10. The molecule has 0 saturated carbocycles. The Morgan fingerprint density at radius 3 is 2.80 bits per heavy atom. The summed E-state index contributed by atoms with van der Waals surface area (Å²) in [5, 5.41) is 13.7. The van der Waals surface area contributed by atoms with Gasteiger partial charge in [0.15, 0.2) is 23.0 Å². The van der Waals surface area contributed by atoms with Crippen LogP contribution in [0.4, 0.5) is 0 Å². The average molecular weight is 407 g/mol. The van der Waals surface area contributed by atoms with Gasteiger partial charge in [-0.1, -0.05) is 0 Å². The number of phenolic OH excluding ortho intramolecular Hbond substituents is 1. The smallest absolute Gasteiger partial charge is 0.271 e. The van der Waals surface area contributed by atoms with Crippen LogP contribution >= 0.6 is 15.9 Å². The Labute approximate surface area is 152 Å². The molecule has 0 aromatic heterocycles. The van der Waals surface area contributed by atoms with Gasteiger partial charge in [-0.3, -0.25) is 4.79 Å². The quantitative estimate of drug-likeness (QED) is 0.601. The van der Waals surface area contributed by atoms with Crippen LogP contribution in [0.1, 0.15) is 15.9 Å². The maximum Gasteiger partial charge on any atom is 0.271 e. The van der Waals surface area contributed by atoms with Gasteiger partial charge in [-0.25, -0.2) is 5.43 Å². The standard InChI is InChI=1S/C17H15BrN2O5/c1-23-15-7-10(6-12(18)16(15)21)9-19-20-17(22)11-2-3-13-14(8-11)25-5-4-24-13/h2-3,6-9,21H,4-5H2,1H3,(H,20,22). The van der Waals surface area contributed by atoms with E-state index in [1.807, 2.05) is 0 Å². The predicted molar refractivity (Wildman–Crippen MR) is 94.9 cm³/mol. The minimum Gasteiger partial charge on any atom is -0.503 e. The van der Waals surface area contributed by atoms with Crippen molar-refractivity contribution in [1.82, 2.24) is 5.43 Å². The summed E-state index contributed by atoms with van der Waals surface area (Å²) in [7, 11) is 1.45. The van der Waals surface area contributed by atoms with Crippen LogP contribution in [0.15, 0.2) is 39.9 Å². The van der Waals surface area contributed by atoms with Gasteiger partial charge in [-0.05, 0) is 51.8 Å². The van der Waals surface area contributed by atoms with Crippen LogP contribution in [0.5, 0.6) is 23.0 Å². The largest absolute Gasteiger partial charge is 0.503 e. The van der Waals surface area contributed by atoms with Gasteiger partial charge in [0.1, 0.15) is 13.2 Å². The molecule has 1 aliphatic rings. The molecule has 2 aromatic rings. The average Bonchev–Trinajstić information content (AvgIpc) is 2.63. The third-order valence-corrected chi connectivity index (χ3v) is 4.06. The monoisotopic (exact) mass is 406 g/mol. The van der Waals surface area contributed by atoms with E-state index in [0.29, 0.717) is 46.1 Å². The van der Waals surface area contributed by atoms with Crippen LogP contribution < -0.4 is 19.6 Å². The third kappa shape index (κ3) is 3.85. The molecule has 2 aromatic carbocycles. The second-order valence-electron chi connectivity index (χ2n) is 5.11. The van der Waals surface area contributed by atoms with E-state index in [9.17, 15) is 9.90 Å². The highest BCUT2D eigenvalue weighted by Crippen LogP contribution is 2.34. The van der Waals surface area contributed by atoms with Crippen molar-refractivity contribution in [1.29, 1.82) is 0 Å². The molecule has 0 radical (unpaired) electrons. The summed E-state index contributed by atoms with van der Waals surface area (Å²) in [6, 6.07) is 8.19. The van der Waals surface area contributed by atoms with E-state index in [4.69, 9.17) is 14.2 Å². The summed E-state index contributed by atoms with van der Waals surface area (Å²) < 4.78 is 16.4. The molecular formula is C17H15BrN2O5. The molecule has 0 atom stereocenters. The van der Waals surface area contributed by atoms with E-state index in [0.717, 1.165) is 0 Å². The summed E-state index contributed by atoms with van der Waals surface area (Å²) in [6.07, 6.45) is 1.45. The maximum absolute atomic E-state index is 12.2. The maximum atomic E-state index is 12.2. The molecule has 130 valence electrons. The molecule has 7 nitrogen and oxygen atoms in total. The lowest BCUT2D eigenvalue weighted by Gasteiger charge is -2.18. The Hall–Kier alpha value is -2.74. The normalized spacial score (nSPS) is 12.9. The Kier molecular flexibility index (Phi) is 5.08. The first-order valence-electron chi connectivity index (χ1n) is 7.38. The number of aromatic hydroxyl groups is 1. The molecule has 0 unspecified atom stereocenters. The van der Waals surface area contributed by atoms with Gasteiger partial charge in [0.25, 0.3) is 5.91 Å². The number of nitrogens with zero attached hydrogens (tertiary/aromatic N) is 1. The fourth-order valence-corrected chi connectivity index (χ4v) is 2.70. The molecule has 3 rings (SSSR count). The Balaban J connectivity index is 1.70. The number of hydrogen-bond acceptors (Lipinski definition) is 6. The molecule has 0 fully saturated rings. The summed E-state index contributed by atoms with van der Waals surface area (Å²) in [5.41, 5.74) is 3.49. The van der Waals surface area contributed by atoms with Crippen molar-refractivity contribution >= 4 is 28.1 Å². The minimum absolute atomic E-state index is 0.0000335. The van der Waals surface area contributed by atoms with Gasteiger partial charge < -0.3 is 19.3 Å². The number of methoxy groups -OCH3 is 1. The fourth-order valence-electron chi connectivity index (χ4n) is 2.24. The zero-order chi connectivity index (χ0) is 17.8. The molecule has 8 heteroatoms. The van der Waals surface area contributed by atoms with E-state index >= 15 is 0 Å².